The molecular weight excluding hydrogens is 144 g/mol. The van der Waals surface area contributed by atoms with Crippen molar-refractivity contribution in [2.75, 3.05) is 6.61 Å². The van der Waals surface area contributed by atoms with E-state index in [9.17, 15) is 4.79 Å². The first-order chi connectivity index (χ1) is 4.95. The van der Waals surface area contributed by atoms with Crippen molar-refractivity contribution < 1.29 is 14.6 Å². The van der Waals surface area contributed by atoms with Crippen molar-refractivity contribution in [3.63, 3.8) is 0 Å². The van der Waals surface area contributed by atoms with Gasteiger partial charge >= 0.3 is 5.97 Å². The lowest BCUT2D eigenvalue weighted by atomic mass is 10.2. The summed E-state index contributed by atoms with van der Waals surface area (Å²) in [4.78, 5) is 10.8. The van der Waals surface area contributed by atoms with Gasteiger partial charge in [0.1, 0.15) is 5.60 Å². The van der Waals surface area contributed by atoms with Crippen LogP contribution in [0.4, 0.5) is 0 Å². The molecule has 11 heavy (non-hydrogen) atoms. The zero-order valence-electron chi connectivity index (χ0n) is 7.13. The number of hydrogen-bond donors (Lipinski definition) is 1. The van der Waals surface area contributed by atoms with Crippen LogP contribution in [-0.4, -0.2) is 23.3 Å². The van der Waals surface area contributed by atoms with E-state index in [-0.39, 0.29) is 6.61 Å². The van der Waals surface area contributed by atoms with Crippen LogP contribution in [0.5, 0.6) is 0 Å². The van der Waals surface area contributed by atoms with E-state index in [2.05, 4.69) is 0 Å². The van der Waals surface area contributed by atoms with Crippen molar-refractivity contribution >= 4 is 5.97 Å². The third-order valence-corrected chi connectivity index (χ3v) is 0.766. The third kappa shape index (κ3) is 7.06. The summed E-state index contributed by atoms with van der Waals surface area (Å²) in [6.45, 7) is 5.23. The SMILES string of the molecule is CC(C)(C)OC(=O)/C=C/CO. The number of rotatable bonds is 2. The Labute approximate surface area is 66.7 Å². The topological polar surface area (TPSA) is 46.5 Å². The Morgan fingerprint density at radius 2 is 2.09 bits per heavy atom. The number of ether oxygens (including phenoxy) is 1. The average molecular weight is 158 g/mol. The molecule has 0 aromatic rings. The molecule has 0 heterocycles. The third-order valence-electron chi connectivity index (χ3n) is 0.766. The van der Waals surface area contributed by atoms with E-state index in [1.807, 2.05) is 0 Å². The normalized spacial score (nSPS) is 12.0. The Morgan fingerprint density at radius 3 is 2.45 bits per heavy atom. The van der Waals surface area contributed by atoms with Crippen LogP contribution in [0.25, 0.3) is 0 Å². The van der Waals surface area contributed by atoms with Crippen molar-refractivity contribution in [1.82, 2.24) is 0 Å². The van der Waals surface area contributed by atoms with E-state index >= 15 is 0 Å². The van der Waals surface area contributed by atoms with Crippen LogP contribution < -0.4 is 0 Å². The molecule has 0 rings (SSSR count). The highest BCUT2D eigenvalue weighted by Gasteiger charge is 2.13. The first-order valence-electron chi connectivity index (χ1n) is 3.46. The van der Waals surface area contributed by atoms with Gasteiger partial charge in [0.15, 0.2) is 0 Å². The maximum atomic E-state index is 10.8. The molecule has 0 saturated heterocycles. The van der Waals surface area contributed by atoms with E-state index in [1.165, 1.54) is 12.2 Å². The van der Waals surface area contributed by atoms with Crippen LogP contribution in [0.15, 0.2) is 12.2 Å². The lowest BCUT2D eigenvalue weighted by molar-refractivity contribution is -0.148. The van der Waals surface area contributed by atoms with Crippen molar-refractivity contribution in [3.05, 3.63) is 12.2 Å². The minimum Gasteiger partial charge on any atom is -0.457 e. The number of carbonyl (C=O) groups is 1. The van der Waals surface area contributed by atoms with Gasteiger partial charge in [-0.15, -0.1) is 0 Å². The zero-order chi connectivity index (χ0) is 8.91. The largest absolute Gasteiger partial charge is 0.457 e. The van der Waals surface area contributed by atoms with Gasteiger partial charge in [-0.3, -0.25) is 0 Å². The second-order valence-corrected chi connectivity index (χ2v) is 3.12. The predicted octanol–water partition coefficient (Wildman–Crippen LogP) is 0.877. The Bertz CT molecular complexity index is 153. The molecule has 0 saturated carbocycles. The Hall–Kier alpha value is -0.830. The monoisotopic (exact) mass is 158 g/mol. The molecule has 3 nitrogen and oxygen atoms in total. The summed E-state index contributed by atoms with van der Waals surface area (Å²) in [5, 5.41) is 8.32. The molecule has 0 amide bonds. The first kappa shape index (κ1) is 10.2. The fourth-order valence-corrected chi connectivity index (χ4v) is 0.485. The maximum Gasteiger partial charge on any atom is 0.331 e. The Morgan fingerprint density at radius 1 is 1.55 bits per heavy atom. The molecule has 0 bridgehead atoms. The summed E-state index contributed by atoms with van der Waals surface area (Å²) < 4.78 is 4.90. The van der Waals surface area contributed by atoms with Gasteiger partial charge in [0.05, 0.1) is 6.61 Å². The second kappa shape index (κ2) is 4.13. The molecule has 0 atom stereocenters. The Kier molecular flexibility index (Phi) is 3.82. The minimum atomic E-state index is -0.461. The van der Waals surface area contributed by atoms with Gasteiger partial charge in [-0.05, 0) is 20.8 Å². The van der Waals surface area contributed by atoms with Crippen LogP contribution in [0.1, 0.15) is 20.8 Å². The molecular formula is C8H14O3. The van der Waals surface area contributed by atoms with Gasteiger partial charge < -0.3 is 9.84 Å². The zero-order valence-corrected chi connectivity index (χ0v) is 7.13. The van der Waals surface area contributed by atoms with Crippen LogP contribution in [0.3, 0.4) is 0 Å². The molecule has 0 aliphatic carbocycles. The fraction of sp³-hybridized carbons (Fsp3) is 0.625. The van der Waals surface area contributed by atoms with Crippen LogP contribution >= 0.6 is 0 Å². The number of esters is 1. The molecule has 0 spiro atoms. The number of hydrogen-bond acceptors (Lipinski definition) is 3. The summed E-state index contributed by atoms with van der Waals surface area (Å²) in [5.41, 5.74) is -0.461. The van der Waals surface area contributed by atoms with Crippen molar-refractivity contribution in [2.45, 2.75) is 26.4 Å². The van der Waals surface area contributed by atoms with Gasteiger partial charge in [-0.2, -0.15) is 0 Å². The lowest BCUT2D eigenvalue weighted by Gasteiger charge is -2.17. The quantitative estimate of drug-likeness (QED) is 0.479. The van der Waals surface area contributed by atoms with E-state index in [4.69, 9.17) is 9.84 Å². The fourth-order valence-electron chi connectivity index (χ4n) is 0.485. The minimum absolute atomic E-state index is 0.140. The van der Waals surface area contributed by atoms with Crippen molar-refractivity contribution in [1.29, 1.82) is 0 Å². The van der Waals surface area contributed by atoms with Gasteiger partial charge in [-0.1, -0.05) is 6.08 Å². The van der Waals surface area contributed by atoms with E-state index in [1.54, 1.807) is 20.8 Å². The summed E-state index contributed by atoms with van der Waals surface area (Å²) in [6, 6.07) is 0. The number of carbonyl (C=O) groups excluding carboxylic acids is 1. The molecule has 0 aliphatic rings. The summed E-state index contributed by atoms with van der Waals surface area (Å²) >= 11 is 0. The van der Waals surface area contributed by atoms with Gasteiger partial charge in [-0.25, -0.2) is 4.79 Å². The van der Waals surface area contributed by atoms with E-state index in [0.29, 0.717) is 0 Å². The molecule has 64 valence electrons. The first-order valence-corrected chi connectivity index (χ1v) is 3.46. The van der Waals surface area contributed by atoms with Crippen molar-refractivity contribution in [3.8, 4) is 0 Å². The molecule has 0 fully saturated rings. The van der Waals surface area contributed by atoms with Crippen LogP contribution in [0, 0.1) is 0 Å². The maximum absolute atomic E-state index is 10.8. The summed E-state index contributed by atoms with van der Waals surface area (Å²) in [6.07, 6.45) is 2.55. The molecule has 0 radical (unpaired) electrons. The molecule has 0 aromatic carbocycles. The predicted molar refractivity (Wildman–Crippen MR) is 42.1 cm³/mol. The molecule has 1 N–H and O–H groups in total. The average Bonchev–Trinajstić information content (AvgIpc) is 1.79. The standard InChI is InChI=1S/C8H14O3/c1-8(2,3)11-7(10)5-4-6-9/h4-5,9H,6H2,1-3H3/b5-4+. The van der Waals surface area contributed by atoms with Crippen LogP contribution in [-0.2, 0) is 9.53 Å². The second-order valence-electron chi connectivity index (χ2n) is 3.12. The lowest BCUT2D eigenvalue weighted by Crippen LogP contribution is -2.22. The summed E-state index contributed by atoms with van der Waals surface area (Å²) in [5.74, 6) is -0.424. The van der Waals surface area contributed by atoms with Crippen molar-refractivity contribution in [2.24, 2.45) is 0 Å². The Balaban J connectivity index is 3.80. The molecule has 0 aliphatic heterocycles. The number of aliphatic hydroxyl groups excluding tert-OH is 1. The van der Waals surface area contributed by atoms with Gasteiger partial charge in [0.2, 0.25) is 0 Å². The smallest absolute Gasteiger partial charge is 0.331 e. The molecule has 0 aromatic heterocycles. The highest BCUT2D eigenvalue weighted by molar-refractivity contribution is 5.82. The highest BCUT2D eigenvalue weighted by atomic mass is 16.6. The van der Waals surface area contributed by atoms with E-state index < -0.39 is 11.6 Å². The van der Waals surface area contributed by atoms with Crippen LogP contribution in [0.2, 0.25) is 0 Å². The van der Waals surface area contributed by atoms with E-state index in [0.717, 1.165) is 0 Å². The number of aliphatic hydroxyl groups is 1. The molecule has 3 heteroatoms. The molecule has 0 unspecified atom stereocenters. The van der Waals surface area contributed by atoms with Gasteiger partial charge in [0.25, 0.3) is 0 Å². The highest BCUT2D eigenvalue weighted by Crippen LogP contribution is 2.06. The summed E-state index contributed by atoms with van der Waals surface area (Å²) in [7, 11) is 0. The van der Waals surface area contributed by atoms with Gasteiger partial charge in [0, 0.05) is 6.08 Å².